The Balaban J connectivity index is 1.36. The van der Waals surface area contributed by atoms with E-state index in [1.54, 1.807) is 6.07 Å². The average molecular weight is 414 g/mol. The minimum absolute atomic E-state index is 0.0957. The van der Waals surface area contributed by atoms with Crippen LogP contribution in [0.1, 0.15) is 38.5 Å². The summed E-state index contributed by atoms with van der Waals surface area (Å²) in [6.45, 7) is -3.48. The molecule has 1 aromatic carbocycles. The average Bonchev–Trinajstić information content (AvgIpc) is 2.59. The van der Waals surface area contributed by atoms with Gasteiger partial charge in [0.05, 0.1) is 11.1 Å². The zero-order chi connectivity index (χ0) is 19.9. The molecule has 4 aliphatic rings. The maximum Gasteiger partial charge on any atom is 0.387 e. The Labute approximate surface area is 166 Å². The van der Waals surface area contributed by atoms with E-state index in [4.69, 9.17) is 16.3 Å². The van der Waals surface area contributed by atoms with Crippen LogP contribution in [0.3, 0.4) is 0 Å². The number of carbonyl (C=O) groups is 2. The Kier molecular flexibility index (Phi) is 4.98. The lowest BCUT2D eigenvalue weighted by Gasteiger charge is -2.58. The minimum Gasteiger partial charge on any atom is -0.455 e. The number of nitrogens with one attached hydrogen (secondary N) is 1. The van der Waals surface area contributed by atoms with E-state index in [1.807, 2.05) is 0 Å². The van der Waals surface area contributed by atoms with Crippen LogP contribution < -0.4 is 10.1 Å². The Morgan fingerprint density at radius 1 is 1.18 bits per heavy atom. The van der Waals surface area contributed by atoms with Gasteiger partial charge >= 0.3 is 12.6 Å². The van der Waals surface area contributed by atoms with Crippen molar-refractivity contribution in [1.82, 2.24) is 0 Å². The summed E-state index contributed by atoms with van der Waals surface area (Å²) in [4.78, 5) is 24.7. The lowest BCUT2D eigenvalue weighted by Crippen LogP contribution is -2.56. The molecule has 1 N–H and O–H groups in total. The van der Waals surface area contributed by atoms with E-state index >= 15 is 0 Å². The van der Waals surface area contributed by atoms with Crippen LogP contribution in [0.2, 0.25) is 0 Å². The van der Waals surface area contributed by atoms with Gasteiger partial charge in [-0.25, -0.2) is 0 Å². The first-order valence-corrected chi connectivity index (χ1v) is 9.85. The van der Waals surface area contributed by atoms with Gasteiger partial charge in [-0.3, -0.25) is 9.59 Å². The number of anilines is 1. The molecule has 4 saturated carbocycles. The molecule has 4 fully saturated rings. The van der Waals surface area contributed by atoms with E-state index in [2.05, 4.69) is 10.1 Å². The molecule has 4 atom stereocenters. The van der Waals surface area contributed by atoms with Gasteiger partial charge in [0.2, 0.25) is 0 Å². The normalized spacial score (nSPS) is 33.0. The number of esters is 1. The van der Waals surface area contributed by atoms with Crippen molar-refractivity contribution in [1.29, 1.82) is 0 Å². The maximum absolute atomic E-state index is 12.8. The van der Waals surface area contributed by atoms with Gasteiger partial charge < -0.3 is 14.8 Å². The predicted octanol–water partition coefficient (Wildman–Crippen LogP) is 4.35. The third-order valence-electron chi connectivity index (χ3n) is 6.13. The molecule has 1 aromatic rings. The van der Waals surface area contributed by atoms with E-state index in [0.717, 1.165) is 32.1 Å². The lowest BCUT2D eigenvalue weighted by molar-refractivity contribution is -0.171. The van der Waals surface area contributed by atoms with E-state index in [1.165, 1.54) is 18.2 Å². The predicted molar refractivity (Wildman–Crippen MR) is 98.4 cm³/mol. The summed E-state index contributed by atoms with van der Waals surface area (Å²) in [5.41, 5.74) is -0.499. The molecule has 5 nitrogen and oxygen atoms in total. The number of halogens is 3. The molecule has 4 bridgehead atoms. The molecule has 0 spiro atoms. The Morgan fingerprint density at radius 2 is 1.86 bits per heavy atom. The highest BCUT2D eigenvalue weighted by Gasteiger charge is 2.60. The fourth-order valence-corrected chi connectivity index (χ4v) is 6.32. The number of rotatable bonds is 6. The highest BCUT2D eigenvalue weighted by Crippen LogP contribution is 2.64. The Morgan fingerprint density at radius 3 is 2.50 bits per heavy atom. The molecule has 1 amide bonds. The summed E-state index contributed by atoms with van der Waals surface area (Å²) in [5, 5.41) is 2.45. The van der Waals surface area contributed by atoms with Crippen LogP contribution in [-0.4, -0.2) is 30.0 Å². The molecule has 0 saturated heterocycles. The fourth-order valence-electron chi connectivity index (χ4n) is 5.63. The van der Waals surface area contributed by atoms with Crippen LogP contribution in [-0.2, 0) is 14.3 Å². The number of alkyl halides is 3. The van der Waals surface area contributed by atoms with Gasteiger partial charge in [-0.1, -0.05) is 12.1 Å². The highest BCUT2D eigenvalue weighted by atomic mass is 35.5. The first-order valence-electron chi connectivity index (χ1n) is 9.47. The standard InChI is InChI=1S/C20H22ClF2NO4/c21-20-8-12-5-13(9-20)7-19(6-12,11-20)17(26)27-10-16(25)24-14-3-1-2-4-15(14)28-18(22)23/h1-4,12-13,18H,5-11H2,(H,24,25)/t12-,13+,19?,20?. The monoisotopic (exact) mass is 413 g/mol. The van der Waals surface area contributed by atoms with Crippen molar-refractivity contribution < 1.29 is 27.8 Å². The molecule has 152 valence electrons. The van der Waals surface area contributed by atoms with Crippen molar-refractivity contribution in [2.24, 2.45) is 17.3 Å². The third kappa shape index (κ3) is 3.81. The molecular weight excluding hydrogens is 392 g/mol. The number of carbonyl (C=O) groups excluding carboxylic acids is 2. The van der Waals surface area contributed by atoms with Crippen molar-refractivity contribution >= 4 is 29.2 Å². The van der Waals surface area contributed by atoms with Crippen LogP contribution in [0.15, 0.2) is 24.3 Å². The van der Waals surface area contributed by atoms with Crippen LogP contribution in [0, 0.1) is 17.3 Å². The Bertz CT molecular complexity index is 773. The summed E-state index contributed by atoms with van der Waals surface area (Å²) in [6, 6.07) is 5.86. The van der Waals surface area contributed by atoms with Crippen molar-refractivity contribution in [2.75, 3.05) is 11.9 Å². The first kappa shape index (κ1) is 19.4. The number of amides is 1. The van der Waals surface area contributed by atoms with Crippen LogP contribution >= 0.6 is 11.6 Å². The number of ether oxygens (including phenoxy) is 2. The molecule has 4 aliphatic carbocycles. The molecule has 0 heterocycles. The van der Waals surface area contributed by atoms with Gasteiger partial charge in [0.1, 0.15) is 5.75 Å². The number of para-hydroxylation sites is 2. The second kappa shape index (κ2) is 7.17. The third-order valence-corrected chi connectivity index (χ3v) is 6.58. The molecule has 0 radical (unpaired) electrons. The van der Waals surface area contributed by atoms with Crippen LogP contribution in [0.4, 0.5) is 14.5 Å². The van der Waals surface area contributed by atoms with E-state index < -0.39 is 24.5 Å². The van der Waals surface area contributed by atoms with Gasteiger partial charge in [0.15, 0.2) is 6.61 Å². The van der Waals surface area contributed by atoms with Crippen LogP contribution in [0.5, 0.6) is 5.75 Å². The zero-order valence-corrected chi connectivity index (χ0v) is 16.0. The topological polar surface area (TPSA) is 64.6 Å². The maximum atomic E-state index is 12.8. The van der Waals surface area contributed by atoms with Crippen molar-refractivity contribution in [3.8, 4) is 5.75 Å². The molecule has 5 rings (SSSR count). The molecule has 8 heteroatoms. The summed E-state index contributed by atoms with van der Waals surface area (Å²) in [5.74, 6) is -0.248. The van der Waals surface area contributed by atoms with Gasteiger partial charge in [-0.15, -0.1) is 11.6 Å². The lowest BCUT2D eigenvalue weighted by atomic mass is 9.49. The second-order valence-corrected chi connectivity index (χ2v) is 9.19. The Hall–Kier alpha value is -1.89. The van der Waals surface area contributed by atoms with E-state index in [-0.39, 0.29) is 22.3 Å². The SMILES string of the molecule is O=C(COC(=O)C12C[C@@H]3C[C@@H](CC(Cl)(C3)C1)C2)Nc1ccccc1OC(F)F. The number of hydrogen-bond acceptors (Lipinski definition) is 4. The minimum atomic E-state index is -3.00. The van der Waals surface area contributed by atoms with Gasteiger partial charge in [-0.05, 0) is 62.5 Å². The fraction of sp³-hybridized carbons (Fsp3) is 0.600. The second-order valence-electron chi connectivity index (χ2n) is 8.39. The number of hydrogen-bond donors (Lipinski definition) is 1. The molecule has 28 heavy (non-hydrogen) atoms. The summed E-state index contributed by atoms with van der Waals surface area (Å²) < 4.78 is 34.6. The van der Waals surface area contributed by atoms with Gasteiger partial charge in [0.25, 0.3) is 5.91 Å². The van der Waals surface area contributed by atoms with Gasteiger partial charge in [0, 0.05) is 4.87 Å². The first-order chi connectivity index (χ1) is 13.3. The molecule has 2 unspecified atom stereocenters. The van der Waals surface area contributed by atoms with E-state index in [9.17, 15) is 18.4 Å². The highest BCUT2D eigenvalue weighted by molar-refractivity contribution is 6.24. The van der Waals surface area contributed by atoms with Crippen molar-refractivity contribution in [2.45, 2.75) is 50.0 Å². The summed E-state index contributed by atoms with van der Waals surface area (Å²) in [7, 11) is 0. The number of benzene rings is 1. The van der Waals surface area contributed by atoms with Crippen LogP contribution in [0.25, 0.3) is 0 Å². The zero-order valence-electron chi connectivity index (χ0n) is 15.3. The van der Waals surface area contributed by atoms with Crippen molar-refractivity contribution in [3.05, 3.63) is 24.3 Å². The van der Waals surface area contributed by atoms with Gasteiger partial charge in [-0.2, -0.15) is 8.78 Å². The van der Waals surface area contributed by atoms with Crippen molar-refractivity contribution in [3.63, 3.8) is 0 Å². The van der Waals surface area contributed by atoms with E-state index in [0.29, 0.717) is 18.3 Å². The molecule has 0 aliphatic heterocycles. The summed E-state index contributed by atoms with van der Waals surface area (Å²) in [6.07, 6.45) is 5.14. The quantitative estimate of drug-likeness (QED) is 0.556. The summed E-state index contributed by atoms with van der Waals surface area (Å²) >= 11 is 6.73. The molecule has 0 aromatic heterocycles. The molecular formula is C20H22ClF2NO4. The smallest absolute Gasteiger partial charge is 0.387 e. The largest absolute Gasteiger partial charge is 0.455 e.